The SMILES string of the molecule is S=C1/C=C\CCCN(c2cccc(-c3cccc(-c4cccc(-c5cccc(-c6cnc7c8ccccc8c8ccccc8c7n6)c5)c4)c3)c2)c2ccccc21. The first-order chi connectivity index (χ1) is 27.7. The summed E-state index contributed by atoms with van der Waals surface area (Å²) >= 11 is 5.83. The summed E-state index contributed by atoms with van der Waals surface area (Å²) in [5.74, 6) is 0. The van der Waals surface area contributed by atoms with E-state index in [9.17, 15) is 0 Å². The third kappa shape index (κ3) is 6.24. The highest BCUT2D eigenvalue weighted by atomic mass is 32.1. The van der Waals surface area contributed by atoms with Crippen molar-refractivity contribution in [2.45, 2.75) is 12.8 Å². The number of benzene rings is 8. The van der Waals surface area contributed by atoms with Crippen LogP contribution in [0.25, 0.3) is 77.2 Å². The van der Waals surface area contributed by atoms with Crippen LogP contribution in [-0.2, 0) is 0 Å². The highest BCUT2D eigenvalue weighted by Crippen LogP contribution is 2.37. The lowest BCUT2D eigenvalue weighted by atomic mass is 9.95. The normalized spacial score (nSPS) is 13.6. The molecule has 1 aromatic heterocycles. The van der Waals surface area contributed by atoms with Crippen LogP contribution >= 0.6 is 12.2 Å². The third-order valence-electron chi connectivity index (χ3n) is 11.0. The first-order valence-corrected chi connectivity index (χ1v) is 19.6. The van der Waals surface area contributed by atoms with Gasteiger partial charge >= 0.3 is 0 Å². The third-order valence-corrected chi connectivity index (χ3v) is 11.3. The summed E-state index contributed by atoms with van der Waals surface area (Å²) in [7, 11) is 0. The Labute approximate surface area is 332 Å². The van der Waals surface area contributed by atoms with E-state index in [1.807, 2.05) is 6.20 Å². The number of nitrogens with zero attached hydrogens (tertiary/aromatic N) is 3. The molecule has 266 valence electrons. The molecule has 0 N–H and O–H groups in total. The second kappa shape index (κ2) is 14.5. The number of aromatic nitrogens is 2. The maximum Gasteiger partial charge on any atom is 0.0979 e. The van der Waals surface area contributed by atoms with E-state index in [1.165, 1.54) is 38.7 Å². The van der Waals surface area contributed by atoms with Gasteiger partial charge in [-0.25, -0.2) is 4.98 Å². The van der Waals surface area contributed by atoms with Crippen LogP contribution in [0.5, 0.6) is 0 Å². The van der Waals surface area contributed by atoms with E-state index < -0.39 is 0 Å². The molecule has 1 aliphatic rings. The van der Waals surface area contributed by atoms with Crippen LogP contribution in [0.1, 0.15) is 18.4 Å². The number of rotatable bonds is 5. The lowest BCUT2D eigenvalue weighted by molar-refractivity contribution is 0.827. The van der Waals surface area contributed by atoms with E-state index in [2.05, 4.69) is 187 Å². The Balaban J connectivity index is 0.974. The van der Waals surface area contributed by atoms with Gasteiger partial charge in [0, 0.05) is 44.7 Å². The van der Waals surface area contributed by atoms with Crippen molar-refractivity contribution in [2.24, 2.45) is 0 Å². The first-order valence-electron chi connectivity index (χ1n) is 19.2. The van der Waals surface area contributed by atoms with Crippen LogP contribution in [0.2, 0.25) is 0 Å². The van der Waals surface area contributed by atoms with Gasteiger partial charge in [0.05, 0.1) is 22.9 Å². The molecule has 3 nitrogen and oxygen atoms in total. The molecule has 0 fully saturated rings. The predicted octanol–water partition coefficient (Wildman–Crippen LogP) is 13.8. The fourth-order valence-electron chi connectivity index (χ4n) is 8.18. The average molecular weight is 736 g/mol. The summed E-state index contributed by atoms with van der Waals surface area (Å²) in [5.41, 5.74) is 14.2. The molecule has 0 unspecified atom stereocenters. The van der Waals surface area contributed by atoms with Crippen LogP contribution in [0.3, 0.4) is 0 Å². The Kier molecular flexibility index (Phi) is 8.74. The summed E-state index contributed by atoms with van der Waals surface area (Å²) < 4.78 is 0. The molecule has 0 spiro atoms. The fraction of sp³-hybridized carbons (Fsp3) is 0.0577. The molecule has 8 aromatic carbocycles. The zero-order valence-electron chi connectivity index (χ0n) is 30.8. The molecule has 2 heterocycles. The average Bonchev–Trinajstić information content (AvgIpc) is 3.35. The van der Waals surface area contributed by atoms with Crippen LogP contribution in [0, 0.1) is 0 Å². The molecule has 0 bridgehead atoms. The number of fused-ring (bicyclic) bond motifs is 7. The summed E-state index contributed by atoms with van der Waals surface area (Å²) in [6, 6.07) is 60.7. The standard InChI is InChI=1S/C52H37N3S/c56-50-28-2-1-9-29-55(49-27-8-7-26-47(49)50)42-21-13-19-40(33-42)38-17-11-15-36(31-38)35-14-10-16-37(30-35)39-18-12-20-41(32-39)48-34-53-51-45-24-5-3-22-43(45)44-23-4-6-25-46(44)52(51)54-48/h2-8,10-28,30-34H,1,9,29H2/b28-2-. The molecule has 9 aromatic rings. The molecule has 0 aliphatic carbocycles. The topological polar surface area (TPSA) is 29.0 Å². The van der Waals surface area contributed by atoms with E-state index in [-0.39, 0.29) is 0 Å². The molecule has 4 heteroatoms. The highest BCUT2D eigenvalue weighted by Gasteiger charge is 2.17. The summed E-state index contributed by atoms with van der Waals surface area (Å²) in [4.78, 5) is 13.6. The van der Waals surface area contributed by atoms with E-state index in [0.717, 1.165) is 79.7 Å². The maximum atomic E-state index is 5.83. The summed E-state index contributed by atoms with van der Waals surface area (Å²) in [6.07, 6.45) is 8.27. The van der Waals surface area contributed by atoms with E-state index in [0.29, 0.717) is 0 Å². The van der Waals surface area contributed by atoms with Crippen LogP contribution < -0.4 is 4.90 Å². The second-order valence-electron chi connectivity index (χ2n) is 14.4. The lowest BCUT2D eigenvalue weighted by Gasteiger charge is -2.27. The monoisotopic (exact) mass is 735 g/mol. The number of thiocarbonyl (C=S) groups is 1. The molecular weight excluding hydrogens is 699 g/mol. The van der Waals surface area contributed by atoms with Crippen LogP contribution in [0.4, 0.5) is 11.4 Å². The van der Waals surface area contributed by atoms with Gasteiger partial charge in [-0.05, 0) is 99.5 Å². The maximum absolute atomic E-state index is 5.83. The van der Waals surface area contributed by atoms with E-state index in [4.69, 9.17) is 22.2 Å². The van der Waals surface area contributed by atoms with E-state index in [1.54, 1.807) is 0 Å². The van der Waals surface area contributed by atoms with Crippen LogP contribution in [0.15, 0.2) is 188 Å². The van der Waals surface area contributed by atoms with Crippen molar-refractivity contribution in [2.75, 3.05) is 11.4 Å². The zero-order chi connectivity index (χ0) is 37.4. The molecule has 10 rings (SSSR count). The van der Waals surface area contributed by atoms with Gasteiger partial charge < -0.3 is 4.90 Å². The zero-order valence-corrected chi connectivity index (χ0v) is 31.6. The fourth-order valence-corrected chi connectivity index (χ4v) is 8.45. The Morgan fingerprint density at radius 2 is 1.00 bits per heavy atom. The largest absolute Gasteiger partial charge is 0.341 e. The van der Waals surface area contributed by atoms with Gasteiger partial charge in [-0.15, -0.1) is 0 Å². The smallest absolute Gasteiger partial charge is 0.0979 e. The Morgan fingerprint density at radius 3 is 1.66 bits per heavy atom. The van der Waals surface area contributed by atoms with Crippen molar-refractivity contribution >= 4 is 61.0 Å². The molecule has 0 saturated carbocycles. The van der Waals surface area contributed by atoms with Gasteiger partial charge in [-0.1, -0.05) is 152 Å². The van der Waals surface area contributed by atoms with Crippen molar-refractivity contribution < 1.29 is 0 Å². The molecule has 1 aliphatic heterocycles. The van der Waals surface area contributed by atoms with Crippen molar-refractivity contribution in [1.82, 2.24) is 9.97 Å². The van der Waals surface area contributed by atoms with Crippen molar-refractivity contribution in [1.29, 1.82) is 0 Å². The molecule has 0 saturated heterocycles. The lowest BCUT2D eigenvalue weighted by Crippen LogP contribution is -2.20. The number of anilines is 2. The Morgan fingerprint density at radius 1 is 0.482 bits per heavy atom. The van der Waals surface area contributed by atoms with Crippen molar-refractivity contribution in [3.8, 4) is 44.6 Å². The molecule has 0 atom stereocenters. The van der Waals surface area contributed by atoms with Crippen molar-refractivity contribution in [3.05, 3.63) is 194 Å². The van der Waals surface area contributed by atoms with Gasteiger partial charge in [-0.2, -0.15) is 0 Å². The Hall–Kier alpha value is -6.75. The number of allylic oxidation sites excluding steroid dienone is 2. The van der Waals surface area contributed by atoms with Gasteiger partial charge in [-0.3, -0.25) is 4.98 Å². The number of hydrogen-bond acceptors (Lipinski definition) is 4. The van der Waals surface area contributed by atoms with Gasteiger partial charge in [0.15, 0.2) is 0 Å². The molecule has 56 heavy (non-hydrogen) atoms. The Bertz CT molecular complexity index is 2960. The predicted molar refractivity (Wildman–Crippen MR) is 240 cm³/mol. The van der Waals surface area contributed by atoms with Crippen LogP contribution in [-0.4, -0.2) is 21.4 Å². The van der Waals surface area contributed by atoms with Gasteiger partial charge in [0.2, 0.25) is 0 Å². The highest BCUT2D eigenvalue weighted by molar-refractivity contribution is 7.81. The quantitative estimate of drug-likeness (QED) is 0.130. The van der Waals surface area contributed by atoms with Gasteiger partial charge in [0.25, 0.3) is 0 Å². The van der Waals surface area contributed by atoms with E-state index >= 15 is 0 Å². The minimum Gasteiger partial charge on any atom is -0.341 e. The molecule has 0 radical (unpaired) electrons. The second-order valence-corrected chi connectivity index (χ2v) is 14.9. The molecule has 0 amide bonds. The number of hydrogen-bond donors (Lipinski definition) is 0. The first kappa shape index (κ1) is 33.8. The summed E-state index contributed by atoms with van der Waals surface area (Å²) in [6.45, 7) is 0.920. The minimum atomic E-state index is 0.861. The van der Waals surface area contributed by atoms with Crippen molar-refractivity contribution in [3.63, 3.8) is 0 Å². The van der Waals surface area contributed by atoms with Gasteiger partial charge in [0.1, 0.15) is 0 Å². The number of para-hydroxylation sites is 1. The minimum absolute atomic E-state index is 0.861. The molecular formula is C52H37N3S. The summed E-state index contributed by atoms with van der Waals surface area (Å²) in [5, 5.41) is 4.64.